The maximum atomic E-state index is 13.6. The molecule has 1 saturated heterocycles. The Kier molecular flexibility index (Phi) is 4.16. The first-order valence-electron chi connectivity index (χ1n) is 5.68. The summed E-state index contributed by atoms with van der Waals surface area (Å²) in [5.41, 5.74) is 5.49. The molecule has 2 rings (SSSR count). The average molecular weight is 273 g/mol. The van der Waals surface area contributed by atoms with Crippen LogP contribution in [0.2, 0.25) is 5.02 Å². The van der Waals surface area contributed by atoms with Gasteiger partial charge in [-0.3, -0.25) is 4.79 Å². The molecular formula is C12H14ClFN2O2. The number of benzene rings is 1. The van der Waals surface area contributed by atoms with Gasteiger partial charge in [0, 0.05) is 24.7 Å². The van der Waals surface area contributed by atoms with Crippen molar-refractivity contribution in [2.75, 3.05) is 26.2 Å². The van der Waals surface area contributed by atoms with Crippen LogP contribution in [0.4, 0.5) is 4.39 Å². The van der Waals surface area contributed by atoms with Crippen molar-refractivity contribution < 1.29 is 13.9 Å². The first kappa shape index (κ1) is 13.3. The molecule has 0 spiro atoms. The molecule has 98 valence electrons. The Labute approximate surface area is 109 Å². The van der Waals surface area contributed by atoms with Crippen molar-refractivity contribution in [1.29, 1.82) is 0 Å². The van der Waals surface area contributed by atoms with E-state index in [1.807, 2.05) is 0 Å². The molecule has 0 bridgehead atoms. The van der Waals surface area contributed by atoms with Gasteiger partial charge in [0.1, 0.15) is 5.82 Å². The van der Waals surface area contributed by atoms with Gasteiger partial charge in [0.2, 0.25) is 0 Å². The largest absolute Gasteiger partial charge is 0.373 e. The third kappa shape index (κ3) is 2.80. The number of carbonyl (C=O) groups excluding carboxylic acids is 1. The van der Waals surface area contributed by atoms with E-state index in [2.05, 4.69) is 0 Å². The predicted octanol–water partition coefficient (Wildman–Crippen LogP) is 1.28. The van der Waals surface area contributed by atoms with E-state index in [-0.39, 0.29) is 17.6 Å². The molecule has 6 heteroatoms. The van der Waals surface area contributed by atoms with Crippen LogP contribution in [-0.2, 0) is 4.74 Å². The zero-order valence-corrected chi connectivity index (χ0v) is 10.5. The molecule has 0 aromatic heterocycles. The molecule has 1 amide bonds. The van der Waals surface area contributed by atoms with Gasteiger partial charge >= 0.3 is 0 Å². The smallest absolute Gasteiger partial charge is 0.257 e. The number of nitrogens with two attached hydrogens (primary N) is 1. The normalized spacial score (nSPS) is 19.9. The summed E-state index contributed by atoms with van der Waals surface area (Å²) in [5, 5.41) is 0.336. The van der Waals surface area contributed by atoms with Crippen molar-refractivity contribution in [2.45, 2.75) is 6.10 Å². The van der Waals surface area contributed by atoms with Crippen LogP contribution in [0, 0.1) is 5.82 Å². The minimum Gasteiger partial charge on any atom is -0.373 e. The van der Waals surface area contributed by atoms with Crippen LogP contribution >= 0.6 is 11.6 Å². The number of morpholine rings is 1. The fourth-order valence-corrected chi connectivity index (χ4v) is 2.05. The molecule has 1 aliphatic rings. The summed E-state index contributed by atoms with van der Waals surface area (Å²) < 4.78 is 19.0. The van der Waals surface area contributed by atoms with E-state index in [1.54, 1.807) is 0 Å². The average Bonchev–Trinajstić information content (AvgIpc) is 2.41. The van der Waals surface area contributed by atoms with Gasteiger partial charge in [-0.25, -0.2) is 4.39 Å². The number of amides is 1. The second-order valence-corrected chi connectivity index (χ2v) is 4.54. The Bertz CT molecular complexity index is 456. The van der Waals surface area contributed by atoms with Crippen molar-refractivity contribution >= 4 is 17.5 Å². The van der Waals surface area contributed by atoms with Crippen molar-refractivity contribution in [2.24, 2.45) is 5.73 Å². The quantitative estimate of drug-likeness (QED) is 0.882. The van der Waals surface area contributed by atoms with E-state index in [0.717, 1.165) is 0 Å². The zero-order valence-electron chi connectivity index (χ0n) is 9.73. The predicted molar refractivity (Wildman–Crippen MR) is 66.1 cm³/mol. The molecule has 18 heavy (non-hydrogen) atoms. The Balaban J connectivity index is 2.17. The van der Waals surface area contributed by atoms with Crippen molar-refractivity contribution in [3.63, 3.8) is 0 Å². The minimum absolute atomic E-state index is 0.0137. The van der Waals surface area contributed by atoms with Gasteiger partial charge in [-0.2, -0.15) is 0 Å². The van der Waals surface area contributed by atoms with Gasteiger partial charge in [0.15, 0.2) is 0 Å². The van der Waals surface area contributed by atoms with Crippen LogP contribution in [0.1, 0.15) is 10.4 Å². The highest BCUT2D eigenvalue weighted by atomic mass is 35.5. The Morgan fingerprint density at radius 1 is 1.61 bits per heavy atom. The SMILES string of the molecule is NCC1CN(C(=O)c2cc(Cl)ccc2F)CCO1. The van der Waals surface area contributed by atoms with Gasteiger partial charge in [0.25, 0.3) is 5.91 Å². The lowest BCUT2D eigenvalue weighted by molar-refractivity contribution is -0.0169. The topological polar surface area (TPSA) is 55.6 Å². The Morgan fingerprint density at radius 2 is 2.39 bits per heavy atom. The van der Waals surface area contributed by atoms with Gasteiger partial charge in [-0.05, 0) is 18.2 Å². The molecule has 1 aromatic rings. The summed E-state index contributed by atoms with van der Waals surface area (Å²) >= 11 is 5.77. The monoisotopic (exact) mass is 272 g/mol. The number of hydrogen-bond donors (Lipinski definition) is 1. The molecule has 0 saturated carbocycles. The Morgan fingerprint density at radius 3 is 3.11 bits per heavy atom. The fraction of sp³-hybridized carbons (Fsp3) is 0.417. The van der Waals surface area contributed by atoms with Gasteiger partial charge in [-0.15, -0.1) is 0 Å². The van der Waals surface area contributed by atoms with Gasteiger partial charge in [-0.1, -0.05) is 11.6 Å². The van der Waals surface area contributed by atoms with Crippen molar-refractivity contribution in [1.82, 2.24) is 4.90 Å². The van der Waals surface area contributed by atoms with E-state index in [4.69, 9.17) is 22.1 Å². The maximum absolute atomic E-state index is 13.6. The molecule has 4 nitrogen and oxygen atoms in total. The van der Waals surface area contributed by atoms with Crippen LogP contribution in [0.3, 0.4) is 0 Å². The molecule has 0 aliphatic carbocycles. The summed E-state index contributed by atoms with van der Waals surface area (Å²) in [6.45, 7) is 1.56. The van der Waals surface area contributed by atoms with E-state index in [0.29, 0.717) is 31.3 Å². The second kappa shape index (κ2) is 5.65. The van der Waals surface area contributed by atoms with Gasteiger partial charge in [0.05, 0.1) is 18.3 Å². The lowest BCUT2D eigenvalue weighted by atomic mass is 10.1. The summed E-state index contributed by atoms with van der Waals surface area (Å²) in [4.78, 5) is 13.7. The third-order valence-electron chi connectivity index (χ3n) is 2.85. The third-order valence-corrected chi connectivity index (χ3v) is 3.08. The number of carbonyl (C=O) groups is 1. The van der Waals surface area contributed by atoms with E-state index in [1.165, 1.54) is 23.1 Å². The summed E-state index contributed by atoms with van der Waals surface area (Å²) in [6, 6.07) is 3.94. The lowest BCUT2D eigenvalue weighted by Crippen LogP contribution is -2.48. The van der Waals surface area contributed by atoms with Gasteiger partial charge < -0.3 is 15.4 Å². The number of ether oxygens (including phenoxy) is 1. The zero-order chi connectivity index (χ0) is 13.1. The molecule has 1 unspecified atom stereocenters. The molecular weight excluding hydrogens is 259 g/mol. The number of halogens is 2. The second-order valence-electron chi connectivity index (χ2n) is 4.10. The molecule has 1 aromatic carbocycles. The molecule has 1 fully saturated rings. The fourth-order valence-electron chi connectivity index (χ4n) is 1.88. The molecule has 1 aliphatic heterocycles. The summed E-state index contributed by atoms with van der Waals surface area (Å²) in [6.07, 6.45) is -0.190. The first-order valence-corrected chi connectivity index (χ1v) is 6.05. The number of rotatable bonds is 2. The van der Waals surface area contributed by atoms with Crippen molar-refractivity contribution in [3.05, 3.63) is 34.6 Å². The van der Waals surface area contributed by atoms with Crippen LogP contribution in [0.25, 0.3) is 0 Å². The van der Waals surface area contributed by atoms with Crippen LogP contribution in [0.5, 0.6) is 0 Å². The van der Waals surface area contributed by atoms with E-state index < -0.39 is 5.82 Å². The highest BCUT2D eigenvalue weighted by Crippen LogP contribution is 2.18. The van der Waals surface area contributed by atoms with Crippen LogP contribution in [0.15, 0.2) is 18.2 Å². The molecule has 0 radical (unpaired) electrons. The summed E-state index contributed by atoms with van der Waals surface area (Å²) in [7, 11) is 0. The molecule has 1 atom stereocenters. The minimum atomic E-state index is -0.569. The van der Waals surface area contributed by atoms with Crippen LogP contribution in [-0.4, -0.2) is 43.2 Å². The lowest BCUT2D eigenvalue weighted by Gasteiger charge is -2.32. The standard InChI is InChI=1S/C12H14ClFN2O2/c13-8-1-2-11(14)10(5-8)12(17)16-3-4-18-9(6-15)7-16/h1-2,5,9H,3-4,6-7,15H2. The van der Waals surface area contributed by atoms with Crippen molar-refractivity contribution in [3.8, 4) is 0 Å². The number of hydrogen-bond acceptors (Lipinski definition) is 3. The molecule has 1 heterocycles. The maximum Gasteiger partial charge on any atom is 0.257 e. The Hall–Kier alpha value is -1.17. The highest BCUT2D eigenvalue weighted by molar-refractivity contribution is 6.31. The van der Waals surface area contributed by atoms with E-state index in [9.17, 15) is 9.18 Å². The molecule has 2 N–H and O–H groups in total. The highest BCUT2D eigenvalue weighted by Gasteiger charge is 2.25. The van der Waals surface area contributed by atoms with Crippen LogP contribution < -0.4 is 5.73 Å². The first-order chi connectivity index (χ1) is 8.61. The van der Waals surface area contributed by atoms with E-state index >= 15 is 0 Å². The summed E-state index contributed by atoms with van der Waals surface area (Å²) in [5.74, 6) is -0.947. The number of nitrogens with zero attached hydrogens (tertiary/aromatic N) is 1.